The highest BCUT2D eigenvalue weighted by atomic mass is 35.5. The number of hydrogen-bond acceptors (Lipinski definition) is 1. The Kier molecular flexibility index (Phi) is 2.86. The van der Waals surface area contributed by atoms with Crippen LogP contribution in [0.5, 0.6) is 0 Å². The van der Waals surface area contributed by atoms with E-state index in [4.69, 9.17) is 11.6 Å². The van der Waals surface area contributed by atoms with Gasteiger partial charge in [0.2, 0.25) is 5.91 Å². The van der Waals surface area contributed by atoms with E-state index >= 15 is 0 Å². The average molecular weight is 264 g/mol. The van der Waals surface area contributed by atoms with E-state index in [-0.39, 0.29) is 16.7 Å². The van der Waals surface area contributed by atoms with Crippen LogP contribution in [0.15, 0.2) is 18.2 Å². The Labute approximate surface area is 113 Å². The summed E-state index contributed by atoms with van der Waals surface area (Å²) in [7, 11) is 0. The number of amides is 1. The predicted octanol–water partition coefficient (Wildman–Crippen LogP) is 4.04. The van der Waals surface area contributed by atoms with Crippen molar-refractivity contribution in [3.05, 3.63) is 29.3 Å². The summed E-state index contributed by atoms with van der Waals surface area (Å²) in [5.74, 6) is 0.0837. The third kappa shape index (κ3) is 1.93. The van der Waals surface area contributed by atoms with Crippen LogP contribution in [0.25, 0.3) is 0 Å². The van der Waals surface area contributed by atoms with Gasteiger partial charge in [-0.2, -0.15) is 0 Å². The third-order valence-corrected chi connectivity index (χ3v) is 5.18. The summed E-state index contributed by atoms with van der Waals surface area (Å²) in [6, 6.07) is 6.16. The van der Waals surface area contributed by atoms with E-state index in [0.717, 1.165) is 16.8 Å². The summed E-state index contributed by atoms with van der Waals surface area (Å²) >= 11 is 6.69. The summed E-state index contributed by atoms with van der Waals surface area (Å²) in [5, 5.41) is 2.92. The van der Waals surface area contributed by atoms with Crippen LogP contribution in [0.4, 0.5) is 5.69 Å². The molecule has 0 radical (unpaired) electrons. The van der Waals surface area contributed by atoms with Crippen LogP contribution in [0.3, 0.4) is 0 Å². The summed E-state index contributed by atoms with van der Waals surface area (Å²) < 4.78 is 0. The summed E-state index contributed by atoms with van der Waals surface area (Å²) in [6.07, 6.45) is 5.46. The second-order valence-electron chi connectivity index (χ2n) is 5.87. The van der Waals surface area contributed by atoms with Gasteiger partial charge in [-0.3, -0.25) is 4.79 Å². The Morgan fingerprint density at radius 3 is 2.78 bits per heavy atom. The van der Waals surface area contributed by atoms with E-state index in [1.807, 2.05) is 6.07 Å². The molecule has 0 spiro atoms. The second kappa shape index (κ2) is 4.27. The van der Waals surface area contributed by atoms with Gasteiger partial charge in [-0.1, -0.05) is 31.9 Å². The van der Waals surface area contributed by atoms with Crippen molar-refractivity contribution in [3.63, 3.8) is 0 Å². The number of halogens is 1. The van der Waals surface area contributed by atoms with Gasteiger partial charge in [0.15, 0.2) is 0 Å². The predicted molar refractivity (Wildman–Crippen MR) is 73.9 cm³/mol. The Hall–Kier alpha value is -1.02. The first-order valence-corrected chi connectivity index (χ1v) is 7.09. The first-order chi connectivity index (χ1) is 8.58. The van der Waals surface area contributed by atoms with Gasteiger partial charge in [0, 0.05) is 5.69 Å². The summed E-state index contributed by atoms with van der Waals surface area (Å²) in [4.78, 5) is 11.4. The minimum absolute atomic E-state index is 0.0565. The lowest BCUT2D eigenvalue weighted by molar-refractivity contribution is -0.115. The normalized spacial score (nSPS) is 22.7. The third-order valence-electron chi connectivity index (χ3n) is 4.40. The molecule has 3 heteroatoms. The number of benzene rings is 1. The number of hydrogen-bond donors (Lipinski definition) is 1. The molecule has 1 atom stereocenters. The number of carbonyl (C=O) groups excluding carboxylic acids is 1. The molecule has 0 bridgehead atoms. The highest BCUT2D eigenvalue weighted by Crippen LogP contribution is 2.50. The first-order valence-electron chi connectivity index (χ1n) is 6.65. The van der Waals surface area contributed by atoms with E-state index in [9.17, 15) is 4.79 Å². The van der Waals surface area contributed by atoms with Gasteiger partial charge in [0.05, 0.1) is 11.8 Å². The first kappa shape index (κ1) is 12.0. The minimum Gasteiger partial charge on any atom is -0.326 e. The SMILES string of the molecule is CC1(C(Cl)c2ccc3c(c2)CC(=O)N3)CCCC1. The molecule has 1 unspecified atom stereocenters. The van der Waals surface area contributed by atoms with Crippen molar-refractivity contribution < 1.29 is 4.79 Å². The molecule has 18 heavy (non-hydrogen) atoms. The van der Waals surface area contributed by atoms with E-state index < -0.39 is 0 Å². The van der Waals surface area contributed by atoms with E-state index in [0.29, 0.717) is 6.42 Å². The molecule has 1 fully saturated rings. The number of anilines is 1. The molecule has 1 aliphatic heterocycles. The molecule has 1 amide bonds. The maximum atomic E-state index is 11.4. The highest BCUT2D eigenvalue weighted by Gasteiger charge is 2.37. The van der Waals surface area contributed by atoms with Crippen LogP contribution in [0, 0.1) is 5.41 Å². The average Bonchev–Trinajstić information content (AvgIpc) is 2.93. The van der Waals surface area contributed by atoms with Gasteiger partial charge in [0.25, 0.3) is 0 Å². The van der Waals surface area contributed by atoms with E-state index in [2.05, 4.69) is 24.4 Å². The molecule has 2 nitrogen and oxygen atoms in total. The molecule has 1 saturated carbocycles. The van der Waals surface area contributed by atoms with Crippen molar-refractivity contribution in [1.82, 2.24) is 0 Å². The lowest BCUT2D eigenvalue weighted by Gasteiger charge is -2.30. The summed E-state index contributed by atoms with van der Waals surface area (Å²) in [5.41, 5.74) is 3.41. The smallest absolute Gasteiger partial charge is 0.228 e. The molecule has 2 aliphatic rings. The number of rotatable bonds is 2. The van der Waals surface area contributed by atoms with Gasteiger partial charge in [-0.05, 0) is 35.4 Å². The topological polar surface area (TPSA) is 29.1 Å². The molecule has 1 aromatic carbocycles. The van der Waals surface area contributed by atoms with Gasteiger partial charge in [-0.15, -0.1) is 11.6 Å². The molecular formula is C15H18ClNO. The van der Waals surface area contributed by atoms with Gasteiger partial charge in [-0.25, -0.2) is 0 Å². The van der Waals surface area contributed by atoms with Crippen LogP contribution >= 0.6 is 11.6 Å². The van der Waals surface area contributed by atoms with Crippen molar-refractivity contribution in [2.75, 3.05) is 5.32 Å². The molecule has 0 saturated heterocycles. The molecule has 96 valence electrons. The fourth-order valence-corrected chi connectivity index (χ4v) is 3.60. The van der Waals surface area contributed by atoms with Gasteiger partial charge < -0.3 is 5.32 Å². The molecule has 1 aliphatic carbocycles. The van der Waals surface area contributed by atoms with Crippen molar-refractivity contribution in [1.29, 1.82) is 0 Å². The maximum Gasteiger partial charge on any atom is 0.228 e. The van der Waals surface area contributed by atoms with E-state index in [1.54, 1.807) is 0 Å². The zero-order chi connectivity index (χ0) is 12.8. The Balaban J connectivity index is 1.89. The Morgan fingerprint density at radius 1 is 1.33 bits per heavy atom. The van der Waals surface area contributed by atoms with Crippen LogP contribution in [0.2, 0.25) is 0 Å². The van der Waals surface area contributed by atoms with Crippen LogP contribution in [0.1, 0.15) is 49.1 Å². The van der Waals surface area contributed by atoms with Crippen molar-refractivity contribution in [2.24, 2.45) is 5.41 Å². The fraction of sp³-hybridized carbons (Fsp3) is 0.533. The zero-order valence-electron chi connectivity index (χ0n) is 10.6. The summed E-state index contributed by atoms with van der Waals surface area (Å²) in [6.45, 7) is 2.29. The standard InChI is InChI=1S/C15H18ClNO/c1-15(6-2-3-7-15)14(16)10-4-5-12-11(8-10)9-13(18)17-12/h4-5,8,14H,2-3,6-7,9H2,1H3,(H,17,18). The fourth-order valence-electron chi connectivity index (χ4n) is 3.25. The lowest BCUT2D eigenvalue weighted by atomic mass is 9.81. The molecule has 3 rings (SSSR count). The quantitative estimate of drug-likeness (QED) is 0.802. The van der Waals surface area contributed by atoms with Gasteiger partial charge >= 0.3 is 0 Å². The highest BCUT2D eigenvalue weighted by molar-refractivity contribution is 6.21. The van der Waals surface area contributed by atoms with Crippen LogP contribution < -0.4 is 5.32 Å². The molecule has 0 aromatic heterocycles. The molecule has 1 N–H and O–H groups in total. The number of alkyl halides is 1. The lowest BCUT2D eigenvalue weighted by Crippen LogP contribution is -2.18. The molecule has 1 heterocycles. The Morgan fingerprint density at radius 2 is 2.06 bits per heavy atom. The minimum atomic E-state index is 0.0565. The number of nitrogens with one attached hydrogen (secondary N) is 1. The Bertz CT molecular complexity index is 491. The number of carbonyl (C=O) groups is 1. The number of fused-ring (bicyclic) bond motifs is 1. The zero-order valence-corrected chi connectivity index (χ0v) is 11.4. The maximum absolute atomic E-state index is 11.4. The van der Waals surface area contributed by atoms with Crippen LogP contribution in [-0.4, -0.2) is 5.91 Å². The van der Waals surface area contributed by atoms with Crippen molar-refractivity contribution in [2.45, 2.75) is 44.4 Å². The van der Waals surface area contributed by atoms with Crippen LogP contribution in [-0.2, 0) is 11.2 Å². The molecular weight excluding hydrogens is 246 g/mol. The van der Waals surface area contributed by atoms with Crippen molar-refractivity contribution >= 4 is 23.2 Å². The largest absolute Gasteiger partial charge is 0.326 e. The van der Waals surface area contributed by atoms with Crippen molar-refractivity contribution in [3.8, 4) is 0 Å². The van der Waals surface area contributed by atoms with Gasteiger partial charge in [0.1, 0.15) is 0 Å². The van der Waals surface area contributed by atoms with E-state index in [1.165, 1.54) is 25.7 Å². The second-order valence-corrected chi connectivity index (χ2v) is 6.30. The monoisotopic (exact) mass is 263 g/mol. The molecule has 1 aromatic rings.